The lowest BCUT2D eigenvalue weighted by Gasteiger charge is -2.51. The highest BCUT2D eigenvalue weighted by Gasteiger charge is 2.62. The number of phenolic OH excluding ortho intramolecular Hbond substituents is 1. The highest BCUT2D eigenvalue weighted by Crippen LogP contribution is 2.54. The number of oxime groups is 1. The number of rotatable bonds is 5. The number of carbonyl (C=O) groups excluding carboxylic acids is 2. The smallest absolute Gasteiger partial charge is 0.253 e. The maximum absolute atomic E-state index is 14.0. The zero-order chi connectivity index (χ0) is 28.4. The third kappa shape index (κ3) is 3.82. The van der Waals surface area contributed by atoms with E-state index >= 15 is 0 Å². The third-order valence-corrected chi connectivity index (χ3v) is 7.91. The number of allylic oxidation sites excluding steroid dienone is 1. The summed E-state index contributed by atoms with van der Waals surface area (Å²) < 4.78 is 0. The summed E-state index contributed by atoms with van der Waals surface area (Å²) in [5, 5.41) is 59.6. The molecular formula is C26H34N4O8. The van der Waals surface area contributed by atoms with Gasteiger partial charge in [0.05, 0.1) is 23.2 Å². The Morgan fingerprint density at radius 3 is 2.34 bits per heavy atom. The molecule has 1 saturated carbocycles. The van der Waals surface area contributed by atoms with E-state index in [1.807, 2.05) is 4.90 Å². The molecular weight excluding hydrogens is 496 g/mol. The van der Waals surface area contributed by atoms with E-state index < -0.39 is 58.4 Å². The van der Waals surface area contributed by atoms with E-state index in [9.17, 15) is 35.1 Å². The number of likely N-dealkylation sites (N-methyl/N-ethyl adjacent to an activating group) is 1. The van der Waals surface area contributed by atoms with Crippen molar-refractivity contribution in [3.63, 3.8) is 0 Å². The average Bonchev–Trinajstić information content (AvgIpc) is 2.77. The van der Waals surface area contributed by atoms with Crippen molar-refractivity contribution < 1.29 is 40.0 Å². The van der Waals surface area contributed by atoms with Crippen molar-refractivity contribution in [1.29, 1.82) is 0 Å². The van der Waals surface area contributed by atoms with Crippen molar-refractivity contribution in [2.24, 2.45) is 28.6 Å². The number of hydrogen-bond donors (Lipinski definition) is 6. The number of amides is 1. The number of Topliss-reactive ketones (excluding diaryl/α,β-unsaturated/α-hetero) is 1. The fraction of sp³-hybridized carbons (Fsp3) is 0.500. The van der Waals surface area contributed by atoms with Crippen LogP contribution in [-0.4, -0.2) is 95.0 Å². The highest BCUT2D eigenvalue weighted by atomic mass is 16.6. The number of nitrogens with zero attached hydrogens (tertiary/aromatic N) is 3. The topological polar surface area (TPSA) is 189 Å². The Kier molecular flexibility index (Phi) is 6.71. The molecule has 1 aromatic carbocycles. The van der Waals surface area contributed by atoms with Crippen LogP contribution in [0.4, 0.5) is 5.69 Å². The van der Waals surface area contributed by atoms with Gasteiger partial charge in [0.15, 0.2) is 5.78 Å². The van der Waals surface area contributed by atoms with Crippen molar-refractivity contribution in [2.75, 3.05) is 40.2 Å². The second-order valence-electron chi connectivity index (χ2n) is 10.6. The fourth-order valence-corrected chi connectivity index (χ4v) is 6.46. The van der Waals surface area contributed by atoms with E-state index in [1.165, 1.54) is 7.11 Å². The summed E-state index contributed by atoms with van der Waals surface area (Å²) in [5.74, 6) is -9.49. The average molecular weight is 531 g/mol. The largest absolute Gasteiger partial charge is 0.510 e. The molecule has 1 aromatic rings. The van der Waals surface area contributed by atoms with Crippen molar-refractivity contribution in [3.05, 3.63) is 39.7 Å². The molecule has 0 radical (unpaired) electrons. The Hall–Kier alpha value is -3.61. The molecule has 12 heteroatoms. The summed E-state index contributed by atoms with van der Waals surface area (Å²) in [6.07, 6.45) is 0.430. The predicted octanol–water partition coefficient (Wildman–Crippen LogP) is 0.397. The molecule has 1 fully saturated rings. The van der Waals surface area contributed by atoms with Crippen molar-refractivity contribution in [1.82, 2.24) is 4.90 Å². The summed E-state index contributed by atoms with van der Waals surface area (Å²) >= 11 is 0. The first-order valence-electron chi connectivity index (χ1n) is 12.1. The molecule has 4 rings (SSSR count). The number of aliphatic hydroxyl groups excluding tert-OH is 2. The lowest BCUT2D eigenvalue weighted by atomic mass is 9.58. The molecule has 7 N–H and O–H groups in total. The second kappa shape index (κ2) is 9.29. The summed E-state index contributed by atoms with van der Waals surface area (Å²) in [7, 11) is 8.24. The van der Waals surface area contributed by atoms with Crippen LogP contribution in [0, 0.1) is 17.8 Å². The van der Waals surface area contributed by atoms with E-state index in [2.05, 4.69) is 5.16 Å². The van der Waals surface area contributed by atoms with E-state index in [0.717, 1.165) is 0 Å². The molecule has 3 aliphatic rings. The van der Waals surface area contributed by atoms with Gasteiger partial charge in [-0.3, -0.25) is 14.5 Å². The first kappa shape index (κ1) is 27.4. The summed E-state index contributed by atoms with van der Waals surface area (Å²) in [5.41, 5.74) is 6.42. The molecule has 0 aliphatic heterocycles. The Morgan fingerprint density at radius 1 is 1.18 bits per heavy atom. The zero-order valence-electron chi connectivity index (χ0n) is 22.2. The lowest BCUT2D eigenvalue weighted by Crippen LogP contribution is -2.62. The van der Waals surface area contributed by atoms with Gasteiger partial charge in [0.2, 0.25) is 5.79 Å². The molecule has 0 saturated heterocycles. The number of aromatic hydroxyl groups is 1. The summed E-state index contributed by atoms with van der Waals surface area (Å²) in [6.45, 7) is 1.62. The molecule has 0 aromatic heterocycles. The van der Waals surface area contributed by atoms with Crippen LogP contribution in [0.25, 0.3) is 5.76 Å². The van der Waals surface area contributed by atoms with Gasteiger partial charge in [-0.25, -0.2) is 0 Å². The monoisotopic (exact) mass is 530 g/mol. The number of phenols is 1. The zero-order valence-corrected chi connectivity index (χ0v) is 22.2. The molecule has 3 aliphatic carbocycles. The number of aliphatic hydroxyl groups is 4. The van der Waals surface area contributed by atoms with Gasteiger partial charge >= 0.3 is 0 Å². The highest BCUT2D eigenvalue weighted by molar-refractivity contribution is 6.10. The van der Waals surface area contributed by atoms with Gasteiger partial charge in [-0.1, -0.05) is 5.16 Å². The lowest BCUT2D eigenvalue weighted by molar-refractivity contribution is -0.203. The number of primary amides is 1. The van der Waals surface area contributed by atoms with E-state index in [1.54, 1.807) is 46.1 Å². The molecule has 12 nitrogen and oxygen atoms in total. The van der Waals surface area contributed by atoms with Gasteiger partial charge in [0.1, 0.15) is 30.0 Å². The van der Waals surface area contributed by atoms with Crippen LogP contribution in [0.3, 0.4) is 0 Å². The van der Waals surface area contributed by atoms with Gasteiger partial charge in [0, 0.05) is 30.9 Å². The maximum atomic E-state index is 14.0. The van der Waals surface area contributed by atoms with Crippen LogP contribution in [0.5, 0.6) is 5.75 Å². The van der Waals surface area contributed by atoms with Gasteiger partial charge in [0.25, 0.3) is 5.91 Å². The van der Waals surface area contributed by atoms with Crippen molar-refractivity contribution in [3.8, 4) is 5.75 Å². The Balaban J connectivity index is 1.98. The Morgan fingerprint density at radius 2 is 1.82 bits per heavy atom. The van der Waals surface area contributed by atoms with Gasteiger partial charge in [-0.05, 0) is 57.3 Å². The van der Waals surface area contributed by atoms with E-state index in [0.29, 0.717) is 17.0 Å². The second-order valence-corrected chi connectivity index (χ2v) is 10.6. The molecule has 3 unspecified atom stereocenters. The van der Waals surface area contributed by atoms with Gasteiger partial charge in [-0.15, -0.1) is 0 Å². The number of benzene rings is 1. The van der Waals surface area contributed by atoms with Gasteiger partial charge < -0.3 is 41.0 Å². The van der Waals surface area contributed by atoms with E-state index in [4.69, 9.17) is 10.6 Å². The van der Waals surface area contributed by atoms with Crippen LogP contribution in [0.15, 0.2) is 28.1 Å². The third-order valence-electron chi connectivity index (χ3n) is 7.91. The summed E-state index contributed by atoms with van der Waals surface area (Å²) in [6, 6.07) is 0.821. The molecule has 206 valence electrons. The quantitative estimate of drug-likeness (QED) is 0.176. The number of nitrogens with two attached hydrogens (primary N) is 1. The minimum absolute atomic E-state index is 0.0462. The number of ketones is 1. The van der Waals surface area contributed by atoms with Crippen molar-refractivity contribution in [2.45, 2.75) is 31.6 Å². The van der Waals surface area contributed by atoms with Crippen LogP contribution in [0.1, 0.15) is 30.0 Å². The van der Waals surface area contributed by atoms with Crippen LogP contribution in [0.2, 0.25) is 0 Å². The molecule has 0 bridgehead atoms. The first-order valence-corrected chi connectivity index (χ1v) is 12.1. The predicted molar refractivity (Wildman–Crippen MR) is 138 cm³/mol. The number of fused-ring (bicyclic) bond motifs is 3. The normalized spacial score (nSPS) is 26.7. The number of hydrogen-bond acceptors (Lipinski definition) is 11. The molecule has 1 amide bonds. The Labute approximate surface area is 219 Å². The van der Waals surface area contributed by atoms with E-state index in [-0.39, 0.29) is 35.3 Å². The van der Waals surface area contributed by atoms with Crippen LogP contribution in [-0.2, 0) is 20.8 Å². The fourth-order valence-electron chi connectivity index (χ4n) is 6.46. The number of carbonyl (C=O) groups is 2. The molecule has 38 heavy (non-hydrogen) atoms. The minimum atomic E-state index is -3.07. The SMILES string of the molecule is CO/N=C(\C)c1cc(N(C)C)c2c(c1O)C(O)=C1C(=O)C3C(CC1C2)[C@H](N(C)C)C(O)=C(C(N)=O)C3(O)O. The van der Waals surface area contributed by atoms with Crippen molar-refractivity contribution >= 4 is 28.8 Å². The molecule has 4 atom stereocenters. The first-order chi connectivity index (χ1) is 17.7. The molecule has 0 heterocycles. The number of anilines is 1. The van der Waals surface area contributed by atoms with Crippen LogP contribution >= 0.6 is 0 Å². The molecule has 0 spiro atoms. The minimum Gasteiger partial charge on any atom is -0.510 e. The summed E-state index contributed by atoms with van der Waals surface area (Å²) in [4.78, 5) is 34.4. The van der Waals surface area contributed by atoms with Crippen LogP contribution < -0.4 is 10.6 Å². The Bertz CT molecular complexity index is 1310. The van der Waals surface area contributed by atoms with Gasteiger partial charge in [-0.2, -0.15) is 0 Å². The maximum Gasteiger partial charge on any atom is 0.253 e. The standard InChI is InChI=1S/C26H34N4O8/c1-10(28-38-6)12-9-15(29(2)3)13-7-11-8-14-18(23(33)16(11)22(32)17(13)21(12)31)26(36,37)19(25(27)35)24(34)20(14)30(4)5/h9,11,14,18,20,31-32,34,36-37H,7-8H2,1-6H3,(H2,27,35)/b28-10+/t11?,14?,18?,20-/m0/s1.